The van der Waals surface area contributed by atoms with Gasteiger partial charge in [0.2, 0.25) is 5.91 Å². The van der Waals surface area contributed by atoms with Crippen molar-refractivity contribution >= 4 is 35.2 Å². The van der Waals surface area contributed by atoms with Crippen molar-refractivity contribution in [1.29, 1.82) is 0 Å². The first-order valence-electron chi connectivity index (χ1n) is 8.16. The summed E-state index contributed by atoms with van der Waals surface area (Å²) in [5, 5.41) is 22.4. The standard InChI is InChI=1S/C11H18N3O15P3/c1-5(15)12-7-2-3-14(11(18)13-7)10-9(17)8(16)6(27-10)4-26-31(22,23)29-32(24,25)28-30(19,20)21/h2-3,6,8-10,16-17H,4H2,1H3,(H,22,23)(H,24,25)(H2,19,20,21)(H,12,13,15,18)/t6-,8?,9+,10-/m1/s1. The second kappa shape index (κ2) is 9.87. The second-order valence-corrected chi connectivity index (χ2v) is 10.5. The lowest BCUT2D eigenvalue weighted by molar-refractivity contribution is -0.114. The largest absolute Gasteiger partial charge is 0.490 e. The highest BCUT2D eigenvalue weighted by Gasteiger charge is 2.46. The minimum atomic E-state index is -5.74. The molecule has 1 aliphatic rings. The van der Waals surface area contributed by atoms with E-state index in [1.807, 2.05) is 0 Å². The van der Waals surface area contributed by atoms with Crippen LogP contribution in [0.5, 0.6) is 0 Å². The summed E-state index contributed by atoms with van der Waals surface area (Å²) in [5.74, 6) is -0.607. The summed E-state index contributed by atoms with van der Waals surface area (Å²) < 4.78 is 51.0. The number of carbonyl (C=O) groups is 1. The second-order valence-electron chi connectivity index (χ2n) is 6.12. The predicted molar refractivity (Wildman–Crippen MR) is 98.5 cm³/mol. The van der Waals surface area contributed by atoms with Gasteiger partial charge in [-0.15, -0.1) is 0 Å². The van der Waals surface area contributed by atoms with Gasteiger partial charge in [-0.05, 0) is 6.07 Å². The molecule has 32 heavy (non-hydrogen) atoms. The number of phosphoric acid groups is 3. The minimum Gasteiger partial charge on any atom is -0.387 e. The molecule has 1 aromatic heterocycles. The van der Waals surface area contributed by atoms with Crippen LogP contribution in [-0.4, -0.2) is 70.2 Å². The molecule has 182 valence electrons. The molecule has 0 bridgehead atoms. The van der Waals surface area contributed by atoms with E-state index in [0.717, 1.165) is 10.8 Å². The van der Waals surface area contributed by atoms with Crippen LogP contribution in [0.2, 0.25) is 0 Å². The van der Waals surface area contributed by atoms with Crippen LogP contribution < -0.4 is 11.0 Å². The van der Waals surface area contributed by atoms with Gasteiger partial charge in [0.15, 0.2) is 6.23 Å². The lowest BCUT2D eigenvalue weighted by Gasteiger charge is -2.19. The molecule has 0 aromatic carbocycles. The molecule has 0 radical (unpaired) electrons. The monoisotopic (exact) mass is 525 g/mol. The first-order valence-corrected chi connectivity index (χ1v) is 12.7. The third-order valence-electron chi connectivity index (χ3n) is 3.56. The zero-order valence-electron chi connectivity index (χ0n) is 15.8. The fraction of sp³-hybridized carbons (Fsp3) is 0.545. The number of amides is 1. The highest BCUT2D eigenvalue weighted by Crippen LogP contribution is 2.66. The van der Waals surface area contributed by atoms with Crippen LogP contribution in [0.25, 0.3) is 0 Å². The van der Waals surface area contributed by atoms with E-state index < -0.39 is 66.2 Å². The quantitative estimate of drug-likeness (QED) is 0.175. The minimum absolute atomic E-state index is 0.101. The van der Waals surface area contributed by atoms with Crippen molar-refractivity contribution in [3.05, 3.63) is 22.7 Å². The number of phosphoric ester groups is 1. The maximum Gasteiger partial charge on any atom is 0.490 e. The van der Waals surface area contributed by atoms with E-state index in [2.05, 4.69) is 23.4 Å². The number of hydrogen-bond donors (Lipinski definition) is 7. The molecule has 6 atom stereocenters. The number of aliphatic hydroxyl groups excluding tert-OH is 2. The number of nitrogens with zero attached hydrogens (tertiary/aromatic N) is 2. The van der Waals surface area contributed by atoms with Crippen molar-refractivity contribution in [2.75, 3.05) is 11.9 Å². The number of rotatable bonds is 9. The smallest absolute Gasteiger partial charge is 0.387 e. The van der Waals surface area contributed by atoms with Crippen LogP contribution in [0.1, 0.15) is 13.2 Å². The Morgan fingerprint density at radius 3 is 2.31 bits per heavy atom. The highest BCUT2D eigenvalue weighted by atomic mass is 31.3. The molecule has 0 spiro atoms. The Labute approximate surface area is 177 Å². The van der Waals surface area contributed by atoms with E-state index in [1.165, 1.54) is 13.0 Å². The Morgan fingerprint density at radius 1 is 1.16 bits per heavy atom. The van der Waals surface area contributed by atoms with Gasteiger partial charge in [0.1, 0.15) is 24.1 Å². The number of nitrogens with one attached hydrogen (secondary N) is 1. The molecule has 3 unspecified atom stereocenters. The van der Waals surface area contributed by atoms with E-state index in [9.17, 15) is 38.4 Å². The average Bonchev–Trinajstić information content (AvgIpc) is 2.85. The number of carbonyl (C=O) groups excluding carboxylic acids is 1. The Kier molecular flexibility index (Phi) is 8.29. The molecule has 1 fully saturated rings. The van der Waals surface area contributed by atoms with Crippen LogP contribution in [0, 0.1) is 0 Å². The van der Waals surface area contributed by atoms with Gasteiger partial charge in [0.25, 0.3) is 0 Å². The molecule has 21 heteroatoms. The predicted octanol–water partition coefficient (Wildman–Crippen LogP) is -1.84. The van der Waals surface area contributed by atoms with Crippen molar-refractivity contribution < 1.29 is 66.2 Å². The number of ether oxygens (including phenoxy) is 1. The van der Waals surface area contributed by atoms with E-state index >= 15 is 0 Å². The van der Waals surface area contributed by atoms with Crippen molar-refractivity contribution in [3.8, 4) is 0 Å². The van der Waals surface area contributed by atoms with E-state index in [4.69, 9.17) is 19.4 Å². The maximum atomic E-state index is 12.1. The van der Waals surface area contributed by atoms with Crippen LogP contribution in [0.3, 0.4) is 0 Å². The first kappa shape index (κ1) is 26.9. The van der Waals surface area contributed by atoms with Crippen molar-refractivity contribution in [1.82, 2.24) is 9.55 Å². The van der Waals surface area contributed by atoms with Gasteiger partial charge in [0.05, 0.1) is 6.61 Å². The van der Waals surface area contributed by atoms with Crippen LogP contribution in [0.4, 0.5) is 5.82 Å². The highest BCUT2D eigenvalue weighted by molar-refractivity contribution is 7.66. The molecule has 0 aliphatic carbocycles. The molecule has 0 saturated carbocycles. The van der Waals surface area contributed by atoms with E-state index in [0.29, 0.717) is 0 Å². The number of anilines is 1. The van der Waals surface area contributed by atoms with Crippen LogP contribution >= 0.6 is 23.5 Å². The molecular weight excluding hydrogens is 507 g/mol. The summed E-state index contributed by atoms with van der Waals surface area (Å²) in [6, 6.07) is 1.19. The third kappa shape index (κ3) is 7.60. The molecule has 2 rings (SSSR count). The van der Waals surface area contributed by atoms with Gasteiger partial charge in [0, 0.05) is 13.1 Å². The van der Waals surface area contributed by atoms with Gasteiger partial charge in [-0.1, -0.05) is 0 Å². The SMILES string of the molecule is CC(=O)Nc1ccn([C@@H]2O[C@H](COP(=O)(O)OP(=O)(O)OP(=O)(O)O)C(O)[C@@H]2O)c(=O)n1. The zero-order chi connectivity index (χ0) is 24.5. The molecule has 1 aliphatic heterocycles. The molecular formula is C11H18N3O15P3. The molecule has 1 aromatic rings. The van der Waals surface area contributed by atoms with Crippen molar-refractivity contribution in [2.24, 2.45) is 0 Å². The number of aromatic nitrogens is 2. The topological polar surface area (TPSA) is 273 Å². The summed E-state index contributed by atoms with van der Waals surface area (Å²) in [6.45, 7) is 0.125. The van der Waals surface area contributed by atoms with Gasteiger partial charge in [-0.2, -0.15) is 13.6 Å². The molecule has 7 N–H and O–H groups in total. The van der Waals surface area contributed by atoms with Crippen LogP contribution in [0.15, 0.2) is 17.1 Å². The van der Waals surface area contributed by atoms with E-state index in [1.54, 1.807) is 0 Å². The fourth-order valence-electron chi connectivity index (χ4n) is 2.42. The molecule has 1 saturated heterocycles. The molecule has 1 amide bonds. The zero-order valence-corrected chi connectivity index (χ0v) is 18.4. The number of aliphatic hydroxyl groups is 2. The average molecular weight is 525 g/mol. The van der Waals surface area contributed by atoms with Gasteiger partial charge in [-0.25, -0.2) is 18.5 Å². The van der Waals surface area contributed by atoms with Crippen molar-refractivity contribution in [3.63, 3.8) is 0 Å². The Balaban J connectivity index is 2.07. The lowest BCUT2D eigenvalue weighted by atomic mass is 10.1. The van der Waals surface area contributed by atoms with Gasteiger partial charge in [-0.3, -0.25) is 13.9 Å². The van der Waals surface area contributed by atoms with Gasteiger partial charge >= 0.3 is 29.2 Å². The third-order valence-corrected chi connectivity index (χ3v) is 7.37. The lowest BCUT2D eigenvalue weighted by Crippen LogP contribution is -2.36. The summed E-state index contributed by atoms with van der Waals surface area (Å²) in [5.41, 5.74) is -0.999. The first-order chi connectivity index (χ1) is 14.5. The summed E-state index contributed by atoms with van der Waals surface area (Å²) in [4.78, 5) is 62.1. The number of hydrogen-bond acceptors (Lipinski definition) is 12. The fourth-order valence-corrected chi connectivity index (χ4v) is 5.45. The Morgan fingerprint density at radius 2 is 1.78 bits per heavy atom. The summed E-state index contributed by atoms with van der Waals surface area (Å²) in [7, 11) is -16.8. The molecule has 18 nitrogen and oxygen atoms in total. The summed E-state index contributed by atoms with van der Waals surface area (Å²) in [6.07, 6.45) is -5.62. The van der Waals surface area contributed by atoms with Crippen molar-refractivity contribution in [2.45, 2.75) is 31.5 Å². The van der Waals surface area contributed by atoms with Crippen LogP contribution in [-0.2, 0) is 36.4 Å². The molecule has 2 heterocycles. The maximum absolute atomic E-state index is 12.1. The Bertz CT molecular complexity index is 1050. The normalized spacial score (nSPS) is 27.5. The van der Waals surface area contributed by atoms with E-state index in [-0.39, 0.29) is 5.82 Å². The van der Waals surface area contributed by atoms with Gasteiger partial charge < -0.3 is 39.8 Å². The summed E-state index contributed by atoms with van der Waals surface area (Å²) >= 11 is 0. The Hall–Kier alpha value is -1.36.